The van der Waals surface area contributed by atoms with E-state index in [9.17, 15) is 13.2 Å². The summed E-state index contributed by atoms with van der Waals surface area (Å²) in [5.74, 6) is 0.855. The molecule has 0 heterocycles. The first kappa shape index (κ1) is 21.7. The van der Waals surface area contributed by atoms with Crippen LogP contribution in [-0.4, -0.2) is 26.6 Å². The van der Waals surface area contributed by atoms with E-state index in [0.29, 0.717) is 27.9 Å². The Hall–Kier alpha value is -3.03. The van der Waals surface area contributed by atoms with E-state index in [0.717, 1.165) is 10.6 Å². The van der Waals surface area contributed by atoms with Gasteiger partial charge < -0.3 is 10.1 Å². The van der Waals surface area contributed by atoms with Crippen molar-refractivity contribution in [1.29, 1.82) is 0 Å². The van der Waals surface area contributed by atoms with E-state index in [1.165, 1.54) is 6.92 Å². The van der Waals surface area contributed by atoms with E-state index < -0.39 is 22.0 Å². The van der Waals surface area contributed by atoms with E-state index in [-0.39, 0.29) is 0 Å². The highest BCUT2D eigenvalue weighted by atomic mass is 35.5. The highest BCUT2D eigenvalue weighted by Crippen LogP contribution is 2.25. The molecule has 8 heteroatoms. The van der Waals surface area contributed by atoms with Crippen molar-refractivity contribution >= 4 is 38.9 Å². The van der Waals surface area contributed by atoms with Gasteiger partial charge in [0, 0.05) is 10.7 Å². The third-order valence-electron chi connectivity index (χ3n) is 4.27. The van der Waals surface area contributed by atoms with Crippen LogP contribution in [0.25, 0.3) is 0 Å². The lowest BCUT2D eigenvalue weighted by Gasteiger charge is -2.28. The van der Waals surface area contributed by atoms with Crippen LogP contribution in [0.4, 0.5) is 11.4 Å². The maximum Gasteiger partial charge on any atom is 0.247 e. The Morgan fingerprint density at radius 3 is 2.07 bits per heavy atom. The average molecular weight is 445 g/mol. The van der Waals surface area contributed by atoms with Crippen molar-refractivity contribution in [2.75, 3.05) is 15.9 Å². The monoisotopic (exact) mass is 444 g/mol. The fraction of sp³-hybridized carbons (Fsp3) is 0.136. The molecule has 1 atom stereocenters. The number of halogens is 1. The molecular weight excluding hydrogens is 424 g/mol. The van der Waals surface area contributed by atoms with Crippen LogP contribution in [0.1, 0.15) is 6.92 Å². The Bertz CT molecular complexity index is 1100. The van der Waals surface area contributed by atoms with E-state index in [4.69, 9.17) is 16.3 Å². The molecule has 0 unspecified atom stereocenters. The zero-order valence-electron chi connectivity index (χ0n) is 16.4. The number of nitrogens with zero attached hydrogens (tertiary/aromatic N) is 1. The summed E-state index contributed by atoms with van der Waals surface area (Å²) in [6.07, 6.45) is 1.06. The molecule has 0 saturated carbocycles. The summed E-state index contributed by atoms with van der Waals surface area (Å²) in [6, 6.07) is 21.5. The van der Waals surface area contributed by atoms with Crippen molar-refractivity contribution in [2.45, 2.75) is 13.0 Å². The van der Waals surface area contributed by atoms with Gasteiger partial charge in [-0.25, -0.2) is 8.42 Å². The molecule has 0 bridgehead atoms. The average Bonchev–Trinajstić information content (AvgIpc) is 2.71. The van der Waals surface area contributed by atoms with Crippen molar-refractivity contribution in [3.8, 4) is 11.5 Å². The summed E-state index contributed by atoms with van der Waals surface area (Å²) in [6.45, 7) is 1.53. The fourth-order valence-electron chi connectivity index (χ4n) is 2.87. The summed E-state index contributed by atoms with van der Waals surface area (Å²) >= 11 is 5.89. The standard InChI is InChI=1S/C22H21ClN2O4S/c1-16(25(30(2,27)28)19-12-8-17(23)9-13-19)22(26)24-18-10-14-21(15-11-18)29-20-6-4-3-5-7-20/h3-16H,1-2H3,(H,24,26)/t16-/m0/s1. The fourth-order valence-corrected chi connectivity index (χ4v) is 4.18. The number of carbonyl (C=O) groups is 1. The molecule has 0 aliphatic heterocycles. The predicted octanol–water partition coefficient (Wildman–Crippen LogP) is 4.93. The number of para-hydroxylation sites is 1. The molecular formula is C22H21ClN2O4S. The molecule has 1 N–H and O–H groups in total. The van der Waals surface area contributed by atoms with Crippen molar-refractivity contribution in [3.63, 3.8) is 0 Å². The molecule has 0 radical (unpaired) electrons. The molecule has 0 aromatic heterocycles. The first-order valence-corrected chi connectivity index (χ1v) is 11.4. The molecule has 0 saturated heterocycles. The number of amides is 1. The molecule has 156 valence electrons. The Morgan fingerprint density at radius 1 is 0.933 bits per heavy atom. The lowest BCUT2D eigenvalue weighted by molar-refractivity contribution is -0.116. The second kappa shape index (κ2) is 9.19. The predicted molar refractivity (Wildman–Crippen MR) is 120 cm³/mol. The number of carbonyl (C=O) groups excluding carboxylic acids is 1. The summed E-state index contributed by atoms with van der Waals surface area (Å²) < 4.78 is 31.4. The van der Waals surface area contributed by atoms with Crippen LogP contribution in [0.15, 0.2) is 78.9 Å². The molecule has 3 aromatic carbocycles. The number of hydrogen-bond acceptors (Lipinski definition) is 4. The normalized spacial score (nSPS) is 12.1. The van der Waals surface area contributed by atoms with Crippen LogP contribution >= 0.6 is 11.6 Å². The third-order valence-corrected chi connectivity index (χ3v) is 5.76. The van der Waals surface area contributed by atoms with Gasteiger partial charge in [-0.3, -0.25) is 9.10 Å². The van der Waals surface area contributed by atoms with Gasteiger partial charge in [-0.1, -0.05) is 29.8 Å². The Labute approximate surface area is 181 Å². The minimum absolute atomic E-state index is 0.358. The molecule has 0 aliphatic carbocycles. The minimum atomic E-state index is -3.70. The second-order valence-corrected chi connectivity index (χ2v) is 8.94. The van der Waals surface area contributed by atoms with Crippen LogP contribution in [0.5, 0.6) is 11.5 Å². The summed E-state index contributed by atoms with van der Waals surface area (Å²) in [5.41, 5.74) is 0.882. The Morgan fingerprint density at radius 2 is 1.50 bits per heavy atom. The van der Waals surface area contributed by atoms with E-state index in [1.54, 1.807) is 48.5 Å². The van der Waals surface area contributed by atoms with Crippen LogP contribution in [0.2, 0.25) is 5.02 Å². The van der Waals surface area contributed by atoms with Crippen molar-refractivity contribution in [3.05, 3.63) is 83.9 Å². The number of anilines is 2. The maximum atomic E-state index is 12.7. The van der Waals surface area contributed by atoms with E-state index in [1.807, 2.05) is 30.3 Å². The van der Waals surface area contributed by atoms with Gasteiger partial charge in [0.1, 0.15) is 17.5 Å². The number of rotatable bonds is 7. The molecule has 3 rings (SSSR count). The van der Waals surface area contributed by atoms with Gasteiger partial charge in [0.2, 0.25) is 15.9 Å². The highest BCUT2D eigenvalue weighted by molar-refractivity contribution is 7.92. The van der Waals surface area contributed by atoms with Gasteiger partial charge in [0.05, 0.1) is 11.9 Å². The first-order valence-electron chi connectivity index (χ1n) is 9.13. The molecule has 30 heavy (non-hydrogen) atoms. The molecule has 6 nitrogen and oxygen atoms in total. The van der Waals surface area contributed by atoms with Crippen molar-refractivity contribution in [1.82, 2.24) is 0 Å². The molecule has 0 spiro atoms. The van der Waals surface area contributed by atoms with Crippen LogP contribution in [0.3, 0.4) is 0 Å². The van der Waals surface area contributed by atoms with Gasteiger partial charge in [0.25, 0.3) is 0 Å². The SMILES string of the molecule is C[C@@H](C(=O)Nc1ccc(Oc2ccccc2)cc1)N(c1ccc(Cl)cc1)S(C)(=O)=O. The smallest absolute Gasteiger partial charge is 0.247 e. The van der Waals surface area contributed by atoms with E-state index in [2.05, 4.69) is 5.32 Å². The largest absolute Gasteiger partial charge is 0.457 e. The van der Waals surface area contributed by atoms with Gasteiger partial charge in [-0.2, -0.15) is 0 Å². The minimum Gasteiger partial charge on any atom is -0.457 e. The van der Waals surface area contributed by atoms with Crippen LogP contribution in [-0.2, 0) is 14.8 Å². The van der Waals surface area contributed by atoms with Crippen molar-refractivity contribution < 1.29 is 17.9 Å². The maximum absolute atomic E-state index is 12.7. The van der Waals surface area contributed by atoms with Gasteiger partial charge >= 0.3 is 0 Å². The van der Waals surface area contributed by atoms with Crippen LogP contribution in [0, 0.1) is 0 Å². The lowest BCUT2D eigenvalue weighted by Crippen LogP contribution is -2.45. The van der Waals surface area contributed by atoms with Crippen LogP contribution < -0.4 is 14.4 Å². The van der Waals surface area contributed by atoms with Crippen molar-refractivity contribution in [2.24, 2.45) is 0 Å². The summed E-state index contributed by atoms with van der Waals surface area (Å²) in [5, 5.41) is 3.21. The number of benzene rings is 3. The number of nitrogens with one attached hydrogen (secondary N) is 1. The number of sulfonamides is 1. The second-order valence-electron chi connectivity index (χ2n) is 6.64. The molecule has 1 amide bonds. The highest BCUT2D eigenvalue weighted by Gasteiger charge is 2.29. The van der Waals surface area contributed by atoms with Gasteiger partial charge in [0.15, 0.2) is 0 Å². The zero-order valence-corrected chi connectivity index (χ0v) is 18.0. The van der Waals surface area contributed by atoms with Gasteiger partial charge in [-0.15, -0.1) is 0 Å². The summed E-state index contributed by atoms with van der Waals surface area (Å²) in [7, 11) is -3.70. The van der Waals surface area contributed by atoms with Gasteiger partial charge in [-0.05, 0) is 67.6 Å². The lowest BCUT2D eigenvalue weighted by atomic mass is 10.2. The van der Waals surface area contributed by atoms with E-state index >= 15 is 0 Å². The summed E-state index contributed by atoms with van der Waals surface area (Å²) in [4.78, 5) is 12.7. The zero-order chi connectivity index (χ0) is 21.7. The quantitative estimate of drug-likeness (QED) is 0.560. The number of hydrogen-bond donors (Lipinski definition) is 1. The molecule has 0 aliphatic rings. The Kier molecular flexibility index (Phi) is 6.64. The Balaban J connectivity index is 1.72. The number of ether oxygens (including phenoxy) is 1. The third kappa shape index (κ3) is 5.52. The molecule has 0 fully saturated rings. The first-order chi connectivity index (χ1) is 14.2. The molecule has 3 aromatic rings. The topological polar surface area (TPSA) is 75.7 Å².